The molecule has 0 unspecified atom stereocenters. The van der Waals surface area contributed by atoms with Crippen molar-refractivity contribution in [2.75, 3.05) is 5.73 Å². The van der Waals surface area contributed by atoms with Crippen molar-refractivity contribution < 1.29 is 0 Å². The maximum atomic E-state index is 12.0. The largest absolute Gasteiger partial charge is 0.384 e. The maximum Gasteiger partial charge on any atom is 0.328 e. The molecule has 0 saturated heterocycles. The summed E-state index contributed by atoms with van der Waals surface area (Å²) < 4.78 is 3.36. The van der Waals surface area contributed by atoms with Gasteiger partial charge in [0.15, 0.2) is 0 Å². The van der Waals surface area contributed by atoms with Crippen molar-refractivity contribution in [1.29, 1.82) is 0 Å². The molecule has 2 N–H and O–H groups in total. The Hall–Kier alpha value is -2.04. The summed E-state index contributed by atoms with van der Waals surface area (Å²) in [5, 5.41) is 0. The quantitative estimate of drug-likeness (QED) is 0.866. The summed E-state index contributed by atoms with van der Waals surface area (Å²) in [6, 6.07) is 3.79. The van der Waals surface area contributed by atoms with Crippen molar-refractivity contribution in [1.82, 2.24) is 14.1 Å². The minimum absolute atomic E-state index is 0.00294. The summed E-state index contributed by atoms with van der Waals surface area (Å²) in [5.41, 5.74) is 6.47. The van der Waals surface area contributed by atoms with E-state index in [-0.39, 0.29) is 11.7 Å². The molecule has 2 aromatic heterocycles. The third-order valence-electron chi connectivity index (χ3n) is 2.63. The van der Waals surface area contributed by atoms with Gasteiger partial charge in [0.05, 0.1) is 6.54 Å². The molecule has 90 valence electrons. The van der Waals surface area contributed by atoms with E-state index in [2.05, 4.69) is 4.98 Å². The molecule has 0 spiro atoms. The predicted molar refractivity (Wildman–Crippen MR) is 66.8 cm³/mol. The van der Waals surface area contributed by atoms with E-state index < -0.39 is 0 Å². The fourth-order valence-corrected chi connectivity index (χ4v) is 1.67. The van der Waals surface area contributed by atoms with Crippen molar-refractivity contribution in [3.05, 3.63) is 46.8 Å². The van der Waals surface area contributed by atoms with Crippen LogP contribution in [0.5, 0.6) is 0 Å². The summed E-state index contributed by atoms with van der Waals surface area (Å²) in [6.07, 6.45) is 5.28. The molecule has 0 amide bonds. The van der Waals surface area contributed by atoms with Gasteiger partial charge in [-0.25, -0.2) is 9.78 Å². The van der Waals surface area contributed by atoms with Crippen LogP contribution in [0.2, 0.25) is 0 Å². The van der Waals surface area contributed by atoms with Crippen molar-refractivity contribution >= 4 is 5.82 Å². The van der Waals surface area contributed by atoms with Crippen LogP contribution in [0.1, 0.15) is 25.5 Å². The average molecular weight is 232 g/mol. The lowest BCUT2D eigenvalue weighted by atomic mass is 10.3. The molecule has 0 fully saturated rings. The van der Waals surface area contributed by atoms with Crippen LogP contribution in [0.4, 0.5) is 5.82 Å². The first-order valence-electron chi connectivity index (χ1n) is 5.55. The van der Waals surface area contributed by atoms with Crippen molar-refractivity contribution in [3.8, 4) is 0 Å². The van der Waals surface area contributed by atoms with Crippen LogP contribution in [-0.2, 0) is 6.54 Å². The van der Waals surface area contributed by atoms with E-state index in [1.807, 2.05) is 19.9 Å². The summed E-state index contributed by atoms with van der Waals surface area (Å²) in [5.74, 6) is 0.487. The van der Waals surface area contributed by atoms with E-state index in [1.54, 1.807) is 33.8 Å². The zero-order valence-electron chi connectivity index (χ0n) is 10.00. The van der Waals surface area contributed by atoms with Crippen LogP contribution in [0.15, 0.2) is 35.5 Å². The first kappa shape index (κ1) is 11.4. The Balaban J connectivity index is 2.25. The molecule has 17 heavy (non-hydrogen) atoms. The average Bonchev–Trinajstić information content (AvgIpc) is 2.64. The van der Waals surface area contributed by atoms with E-state index >= 15 is 0 Å². The van der Waals surface area contributed by atoms with E-state index in [0.717, 1.165) is 5.56 Å². The van der Waals surface area contributed by atoms with Crippen LogP contribution in [0, 0.1) is 0 Å². The fourth-order valence-electron chi connectivity index (χ4n) is 1.67. The number of rotatable bonds is 3. The molecule has 0 aliphatic heterocycles. The third-order valence-corrected chi connectivity index (χ3v) is 2.63. The second kappa shape index (κ2) is 4.45. The number of aromatic nitrogens is 3. The number of nitrogens with two attached hydrogens (primary N) is 1. The lowest BCUT2D eigenvalue weighted by Gasteiger charge is -2.05. The van der Waals surface area contributed by atoms with E-state index in [4.69, 9.17) is 5.73 Å². The number of hydrogen-bond donors (Lipinski definition) is 1. The summed E-state index contributed by atoms with van der Waals surface area (Å²) >= 11 is 0. The van der Waals surface area contributed by atoms with Gasteiger partial charge in [0, 0.05) is 24.6 Å². The Morgan fingerprint density at radius 3 is 2.65 bits per heavy atom. The van der Waals surface area contributed by atoms with Gasteiger partial charge in [-0.2, -0.15) is 0 Å². The van der Waals surface area contributed by atoms with E-state index in [9.17, 15) is 4.79 Å². The second-order valence-corrected chi connectivity index (χ2v) is 4.30. The molecule has 0 bridgehead atoms. The van der Waals surface area contributed by atoms with Gasteiger partial charge >= 0.3 is 5.69 Å². The van der Waals surface area contributed by atoms with E-state index in [1.165, 1.54) is 0 Å². The molecule has 2 aromatic rings. The highest BCUT2D eigenvalue weighted by atomic mass is 16.1. The van der Waals surface area contributed by atoms with Crippen LogP contribution in [-0.4, -0.2) is 14.1 Å². The SMILES string of the molecule is CC(C)n1ccn(Cc2ccc(N)nc2)c1=O. The fraction of sp³-hybridized carbons (Fsp3) is 0.333. The maximum absolute atomic E-state index is 12.0. The Labute approximate surface area is 99.5 Å². The first-order chi connectivity index (χ1) is 8.08. The summed E-state index contributed by atoms with van der Waals surface area (Å²) in [4.78, 5) is 16.0. The Kier molecular flexibility index (Phi) is 2.99. The highest BCUT2D eigenvalue weighted by molar-refractivity contribution is 5.29. The molecule has 0 atom stereocenters. The lowest BCUT2D eigenvalue weighted by molar-refractivity contribution is 0.561. The van der Waals surface area contributed by atoms with Gasteiger partial charge in [0.2, 0.25) is 0 Å². The van der Waals surface area contributed by atoms with Gasteiger partial charge < -0.3 is 5.73 Å². The lowest BCUT2D eigenvalue weighted by Crippen LogP contribution is -2.25. The third kappa shape index (κ3) is 2.38. The number of hydrogen-bond acceptors (Lipinski definition) is 3. The monoisotopic (exact) mass is 232 g/mol. The second-order valence-electron chi connectivity index (χ2n) is 4.30. The van der Waals surface area contributed by atoms with Crippen molar-refractivity contribution in [2.24, 2.45) is 0 Å². The van der Waals surface area contributed by atoms with Crippen LogP contribution in [0.25, 0.3) is 0 Å². The number of nitrogens with zero attached hydrogens (tertiary/aromatic N) is 3. The minimum atomic E-state index is -0.00294. The predicted octanol–water partition coefficient (Wildman–Crippen LogP) is 1.26. The number of imidazole rings is 1. The standard InChI is InChI=1S/C12H16N4O/c1-9(2)16-6-5-15(12(16)17)8-10-3-4-11(13)14-7-10/h3-7,9H,8H2,1-2H3,(H2,13,14). The molecular weight excluding hydrogens is 216 g/mol. The minimum Gasteiger partial charge on any atom is -0.384 e. The smallest absolute Gasteiger partial charge is 0.328 e. The number of nitrogen functional groups attached to an aromatic ring is 1. The number of anilines is 1. The molecule has 5 heteroatoms. The van der Waals surface area contributed by atoms with Gasteiger partial charge in [-0.1, -0.05) is 6.07 Å². The molecular formula is C12H16N4O. The van der Waals surface area contributed by atoms with Gasteiger partial charge in [-0.3, -0.25) is 9.13 Å². The highest BCUT2D eigenvalue weighted by Gasteiger charge is 2.06. The Morgan fingerprint density at radius 1 is 1.35 bits per heavy atom. The van der Waals surface area contributed by atoms with Crippen molar-refractivity contribution in [3.63, 3.8) is 0 Å². The van der Waals surface area contributed by atoms with Gasteiger partial charge in [-0.05, 0) is 25.5 Å². The molecule has 0 radical (unpaired) electrons. The van der Waals surface area contributed by atoms with Gasteiger partial charge in [0.25, 0.3) is 0 Å². The van der Waals surface area contributed by atoms with Crippen molar-refractivity contribution in [2.45, 2.75) is 26.4 Å². The highest BCUT2D eigenvalue weighted by Crippen LogP contribution is 2.04. The Morgan fingerprint density at radius 2 is 2.12 bits per heavy atom. The molecule has 2 heterocycles. The normalized spacial score (nSPS) is 11.0. The van der Waals surface area contributed by atoms with Gasteiger partial charge in [0.1, 0.15) is 5.82 Å². The van der Waals surface area contributed by atoms with E-state index in [0.29, 0.717) is 12.4 Å². The summed E-state index contributed by atoms with van der Waals surface area (Å²) in [7, 11) is 0. The van der Waals surface area contributed by atoms with Gasteiger partial charge in [-0.15, -0.1) is 0 Å². The number of pyridine rings is 1. The molecule has 0 saturated carbocycles. The van der Waals surface area contributed by atoms with Crippen LogP contribution < -0.4 is 11.4 Å². The van der Waals surface area contributed by atoms with Crippen LogP contribution in [0.3, 0.4) is 0 Å². The molecule has 0 aromatic carbocycles. The Bertz CT molecular complexity index is 551. The first-order valence-corrected chi connectivity index (χ1v) is 5.55. The topological polar surface area (TPSA) is 65.8 Å². The molecule has 5 nitrogen and oxygen atoms in total. The zero-order chi connectivity index (χ0) is 12.4. The molecule has 2 rings (SSSR count). The molecule has 0 aliphatic rings. The summed E-state index contributed by atoms with van der Waals surface area (Å²) in [6.45, 7) is 4.48. The zero-order valence-corrected chi connectivity index (χ0v) is 10.00. The molecule has 0 aliphatic carbocycles. The van der Waals surface area contributed by atoms with Crippen LogP contribution >= 0.6 is 0 Å².